The third-order valence-electron chi connectivity index (χ3n) is 14.1. The van der Waals surface area contributed by atoms with Crippen molar-refractivity contribution >= 4 is 53.3 Å². The topological polar surface area (TPSA) is 43.6 Å². The molecule has 0 bridgehead atoms. The van der Waals surface area contributed by atoms with Crippen molar-refractivity contribution in [3.63, 3.8) is 0 Å². The highest BCUT2D eigenvalue weighted by Gasteiger charge is 2.47. The lowest BCUT2D eigenvalue weighted by Gasteiger charge is -2.33. The molecule has 0 N–H and O–H groups in total. The largest absolute Gasteiger partial charge is 0.309 e. The third kappa shape index (κ3) is 6.04. The lowest BCUT2D eigenvalue weighted by Crippen LogP contribution is -2.28. The van der Waals surface area contributed by atoms with E-state index in [1.54, 1.807) is 11.3 Å². The van der Waals surface area contributed by atoms with Gasteiger partial charge in [-0.1, -0.05) is 194 Å². The number of aromatic nitrogens is 4. The molecular formula is C64H40N4S. The lowest BCUT2D eigenvalue weighted by atomic mass is 9.67. The molecule has 0 fully saturated rings. The molecule has 69 heavy (non-hydrogen) atoms. The molecule has 1 aliphatic carbocycles. The van der Waals surface area contributed by atoms with Gasteiger partial charge >= 0.3 is 0 Å². The maximum Gasteiger partial charge on any atom is 0.165 e. The predicted molar refractivity (Wildman–Crippen MR) is 286 cm³/mol. The summed E-state index contributed by atoms with van der Waals surface area (Å²) in [6.45, 7) is 0. The minimum atomic E-state index is -0.561. The summed E-state index contributed by atoms with van der Waals surface area (Å²) in [7, 11) is 0. The van der Waals surface area contributed by atoms with E-state index in [2.05, 4.69) is 247 Å². The van der Waals surface area contributed by atoms with Gasteiger partial charge in [0.25, 0.3) is 0 Å². The fourth-order valence-electron chi connectivity index (χ4n) is 11.2. The summed E-state index contributed by atoms with van der Waals surface area (Å²) in [4.78, 5) is 16.4. The quantitative estimate of drug-likeness (QED) is 0.160. The Balaban J connectivity index is 0.993. The Bertz CT molecular complexity index is 4100. The van der Waals surface area contributed by atoms with Gasteiger partial charge in [-0.3, -0.25) is 0 Å². The monoisotopic (exact) mass is 896 g/mol. The van der Waals surface area contributed by atoms with Crippen molar-refractivity contribution in [1.29, 1.82) is 0 Å². The van der Waals surface area contributed by atoms with Crippen molar-refractivity contribution < 1.29 is 0 Å². The lowest BCUT2D eigenvalue weighted by molar-refractivity contribution is 0.768. The van der Waals surface area contributed by atoms with E-state index in [0.29, 0.717) is 17.5 Å². The molecule has 0 spiro atoms. The normalized spacial score (nSPS) is 12.8. The van der Waals surface area contributed by atoms with Crippen LogP contribution in [0.15, 0.2) is 243 Å². The first-order valence-corrected chi connectivity index (χ1v) is 24.2. The Hall–Kier alpha value is -8.77. The van der Waals surface area contributed by atoms with Gasteiger partial charge in [-0.2, -0.15) is 0 Å². The van der Waals surface area contributed by atoms with Crippen LogP contribution in [-0.4, -0.2) is 19.5 Å². The average molecular weight is 897 g/mol. The van der Waals surface area contributed by atoms with E-state index in [0.717, 1.165) is 43.8 Å². The van der Waals surface area contributed by atoms with E-state index in [1.165, 1.54) is 65.1 Å². The molecule has 322 valence electrons. The van der Waals surface area contributed by atoms with Crippen molar-refractivity contribution in [2.45, 2.75) is 5.41 Å². The molecule has 0 aliphatic heterocycles. The fraction of sp³-hybridized carbons (Fsp3) is 0.0156. The van der Waals surface area contributed by atoms with Crippen molar-refractivity contribution in [3.05, 3.63) is 265 Å². The van der Waals surface area contributed by atoms with Crippen molar-refractivity contribution in [2.24, 2.45) is 0 Å². The summed E-state index contributed by atoms with van der Waals surface area (Å²) in [5.74, 6) is 1.91. The maximum absolute atomic E-state index is 5.52. The number of hydrogen-bond donors (Lipinski definition) is 0. The summed E-state index contributed by atoms with van der Waals surface area (Å²) in [5.41, 5.74) is 15.2. The molecule has 13 aromatic rings. The number of hydrogen-bond acceptors (Lipinski definition) is 4. The number of nitrogens with zero attached hydrogens (tertiary/aromatic N) is 4. The van der Waals surface area contributed by atoms with E-state index in [9.17, 15) is 0 Å². The molecule has 5 heteroatoms. The first-order valence-electron chi connectivity index (χ1n) is 23.4. The molecule has 3 aromatic heterocycles. The van der Waals surface area contributed by atoms with Crippen LogP contribution in [0.5, 0.6) is 0 Å². The van der Waals surface area contributed by atoms with Gasteiger partial charge in [0.2, 0.25) is 0 Å². The summed E-state index contributed by atoms with van der Waals surface area (Å²) in [6.07, 6.45) is 0. The van der Waals surface area contributed by atoms with Gasteiger partial charge < -0.3 is 4.57 Å². The summed E-state index contributed by atoms with van der Waals surface area (Å²) >= 11 is 1.79. The minimum Gasteiger partial charge on any atom is -0.309 e. The zero-order valence-corrected chi connectivity index (χ0v) is 38.1. The number of rotatable bonds is 7. The molecule has 0 unspecified atom stereocenters. The van der Waals surface area contributed by atoms with Crippen LogP contribution in [0.3, 0.4) is 0 Å². The van der Waals surface area contributed by atoms with Crippen LogP contribution in [0, 0.1) is 0 Å². The van der Waals surface area contributed by atoms with Crippen molar-refractivity contribution in [1.82, 2.24) is 19.5 Å². The second kappa shape index (κ2) is 15.7. The molecule has 14 rings (SSSR count). The van der Waals surface area contributed by atoms with E-state index < -0.39 is 5.41 Å². The molecular weight excluding hydrogens is 857 g/mol. The van der Waals surface area contributed by atoms with Gasteiger partial charge in [0, 0.05) is 53.3 Å². The van der Waals surface area contributed by atoms with Gasteiger partial charge in [-0.25, -0.2) is 15.0 Å². The molecule has 10 aromatic carbocycles. The van der Waals surface area contributed by atoms with Gasteiger partial charge in [0.1, 0.15) is 0 Å². The predicted octanol–water partition coefficient (Wildman–Crippen LogP) is 16.4. The second-order valence-corrected chi connectivity index (χ2v) is 18.9. The highest BCUT2D eigenvalue weighted by atomic mass is 32.1. The highest BCUT2D eigenvalue weighted by Crippen LogP contribution is 2.58. The van der Waals surface area contributed by atoms with Crippen LogP contribution in [0.4, 0.5) is 0 Å². The van der Waals surface area contributed by atoms with E-state index in [1.807, 2.05) is 0 Å². The molecule has 0 saturated carbocycles. The minimum absolute atomic E-state index is 0.561. The number of benzene rings is 10. The molecule has 0 atom stereocenters. The zero-order chi connectivity index (χ0) is 45.5. The van der Waals surface area contributed by atoms with Crippen LogP contribution in [-0.2, 0) is 5.41 Å². The standard InChI is InChI=1S/C64H40N4S/c1-4-21-44(22-5-1)64(45-23-6-2-7-24-45)54-33-13-10-29-50(54)59-51(31-18-34-55(59)64)62-65-61(66-63(67-62)52-32-17-30-49-48-28-12-15-36-58(48)69-60(49)52)43-20-16-19-41(39-43)42-37-38-57-53(40-42)47-27-11-14-35-56(47)68(57)46-25-8-3-9-26-46/h1-40H. The summed E-state index contributed by atoms with van der Waals surface area (Å²) < 4.78 is 4.76. The Morgan fingerprint density at radius 2 is 0.899 bits per heavy atom. The smallest absolute Gasteiger partial charge is 0.165 e. The Morgan fingerprint density at radius 3 is 1.71 bits per heavy atom. The van der Waals surface area contributed by atoms with Crippen LogP contribution in [0.2, 0.25) is 0 Å². The first kappa shape index (κ1) is 39.4. The number of fused-ring (bicyclic) bond motifs is 9. The molecule has 0 saturated heterocycles. The zero-order valence-electron chi connectivity index (χ0n) is 37.3. The van der Waals surface area contributed by atoms with Gasteiger partial charge in [0.05, 0.1) is 16.4 Å². The van der Waals surface area contributed by atoms with Crippen LogP contribution < -0.4 is 0 Å². The Morgan fingerprint density at radius 1 is 0.348 bits per heavy atom. The van der Waals surface area contributed by atoms with E-state index in [-0.39, 0.29) is 0 Å². The van der Waals surface area contributed by atoms with Crippen LogP contribution in [0.1, 0.15) is 22.3 Å². The van der Waals surface area contributed by atoms with Gasteiger partial charge in [0.15, 0.2) is 17.5 Å². The Labute approximate surface area is 403 Å². The third-order valence-corrected chi connectivity index (χ3v) is 15.4. The SMILES string of the molecule is c1ccc(-n2c3ccccc3c3cc(-c4cccc(-c5nc(-c6cccc7c6-c6ccccc6C7(c6ccccc6)c6ccccc6)nc(-c6cccc7c6sc6ccccc67)n5)c4)ccc32)cc1. The summed E-state index contributed by atoms with van der Waals surface area (Å²) in [6, 6.07) is 87.4. The van der Waals surface area contributed by atoms with Gasteiger partial charge in [-0.15, -0.1) is 11.3 Å². The van der Waals surface area contributed by atoms with Crippen molar-refractivity contribution in [3.8, 4) is 62.1 Å². The summed E-state index contributed by atoms with van der Waals surface area (Å²) in [5, 5.41) is 4.87. The molecule has 0 amide bonds. The second-order valence-electron chi connectivity index (χ2n) is 17.8. The van der Waals surface area contributed by atoms with Crippen LogP contribution in [0.25, 0.3) is 104 Å². The van der Waals surface area contributed by atoms with E-state index in [4.69, 9.17) is 15.0 Å². The number of para-hydroxylation sites is 2. The molecule has 4 nitrogen and oxygen atoms in total. The van der Waals surface area contributed by atoms with Gasteiger partial charge in [-0.05, 0) is 93.0 Å². The fourth-order valence-corrected chi connectivity index (χ4v) is 12.4. The van der Waals surface area contributed by atoms with Crippen LogP contribution >= 0.6 is 11.3 Å². The first-order chi connectivity index (χ1) is 34.2. The molecule has 3 heterocycles. The molecule has 1 aliphatic rings. The molecule has 0 radical (unpaired) electrons. The Kier molecular flexibility index (Phi) is 8.95. The average Bonchev–Trinajstić information content (AvgIpc) is 4.08. The highest BCUT2D eigenvalue weighted by molar-refractivity contribution is 7.26. The van der Waals surface area contributed by atoms with E-state index >= 15 is 0 Å². The maximum atomic E-state index is 5.52. The van der Waals surface area contributed by atoms with Crippen molar-refractivity contribution in [2.75, 3.05) is 0 Å². The number of thiophene rings is 1.